The van der Waals surface area contributed by atoms with Crippen LogP contribution >= 0.6 is 0 Å². The molecule has 2 heterocycles. The van der Waals surface area contributed by atoms with E-state index in [1.165, 1.54) is 28.0 Å². The van der Waals surface area contributed by atoms with Gasteiger partial charge in [-0.3, -0.25) is 9.59 Å². The molecule has 0 spiro atoms. The molecule has 1 aliphatic rings. The second kappa shape index (κ2) is 9.93. The van der Waals surface area contributed by atoms with Crippen molar-refractivity contribution in [2.45, 2.75) is 32.1 Å². The van der Waals surface area contributed by atoms with Gasteiger partial charge in [0.1, 0.15) is 18.4 Å². The number of hydrogen-bond acceptors (Lipinski definition) is 2. The van der Waals surface area contributed by atoms with Crippen LogP contribution in [0.1, 0.15) is 46.6 Å². The first-order valence-corrected chi connectivity index (χ1v) is 11.4. The number of carbonyl (C=O) groups excluding carboxylic acids is 2. The molecular formula is C26H25F4N3O2. The van der Waals surface area contributed by atoms with Crippen molar-refractivity contribution in [3.8, 4) is 0 Å². The number of alkyl halides is 3. The molecule has 5 nitrogen and oxygen atoms in total. The molecule has 0 fully saturated rings. The third kappa shape index (κ3) is 5.08. The van der Waals surface area contributed by atoms with E-state index in [0.717, 1.165) is 17.8 Å². The number of fused-ring (bicyclic) bond motifs is 1. The molecule has 0 saturated heterocycles. The first-order chi connectivity index (χ1) is 16.7. The van der Waals surface area contributed by atoms with Gasteiger partial charge in [0.15, 0.2) is 0 Å². The number of hydrogen-bond donors (Lipinski definition) is 0. The van der Waals surface area contributed by atoms with E-state index in [4.69, 9.17) is 0 Å². The second-order valence-corrected chi connectivity index (χ2v) is 8.44. The monoisotopic (exact) mass is 487 g/mol. The van der Waals surface area contributed by atoms with Crippen molar-refractivity contribution in [1.29, 1.82) is 0 Å². The number of nitrogens with zero attached hydrogens (tertiary/aromatic N) is 3. The highest BCUT2D eigenvalue weighted by Crippen LogP contribution is 2.34. The van der Waals surface area contributed by atoms with Crippen molar-refractivity contribution in [1.82, 2.24) is 14.4 Å². The van der Waals surface area contributed by atoms with E-state index in [1.54, 1.807) is 18.2 Å². The van der Waals surface area contributed by atoms with E-state index in [2.05, 4.69) is 0 Å². The first kappa shape index (κ1) is 24.5. The van der Waals surface area contributed by atoms with Crippen molar-refractivity contribution < 1.29 is 27.2 Å². The van der Waals surface area contributed by atoms with Crippen molar-refractivity contribution in [2.24, 2.45) is 0 Å². The molecule has 0 radical (unpaired) electrons. The van der Waals surface area contributed by atoms with Gasteiger partial charge in [0.2, 0.25) is 5.91 Å². The van der Waals surface area contributed by atoms with E-state index >= 15 is 0 Å². The Hall–Kier alpha value is -3.62. The van der Waals surface area contributed by atoms with Gasteiger partial charge in [-0.2, -0.15) is 13.2 Å². The molecule has 1 aromatic heterocycles. The van der Waals surface area contributed by atoms with Crippen LogP contribution in [-0.4, -0.2) is 45.8 Å². The summed E-state index contributed by atoms with van der Waals surface area (Å²) in [5, 5.41) is 0. The van der Waals surface area contributed by atoms with Crippen LogP contribution in [0, 0.1) is 5.82 Å². The number of aromatic nitrogens is 1. The molecular weight excluding hydrogens is 462 g/mol. The molecule has 35 heavy (non-hydrogen) atoms. The fourth-order valence-corrected chi connectivity index (χ4v) is 4.46. The molecule has 0 bridgehead atoms. The van der Waals surface area contributed by atoms with Crippen molar-refractivity contribution in [2.75, 3.05) is 19.6 Å². The predicted molar refractivity (Wildman–Crippen MR) is 122 cm³/mol. The zero-order valence-electron chi connectivity index (χ0n) is 19.1. The van der Waals surface area contributed by atoms with Crippen LogP contribution in [0.4, 0.5) is 17.6 Å². The van der Waals surface area contributed by atoms with Gasteiger partial charge >= 0.3 is 6.18 Å². The molecule has 3 aromatic rings. The van der Waals surface area contributed by atoms with Crippen LogP contribution in [-0.2, 0) is 17.5 Å². The molecule has 9 heteroatoms. The minimum absolute atomic E-state index is 0.140. The molecule has 0 N–H and O–H groups in total. The van der Waals surface area contributed by atoms with Crippen LogP contribution < -0.4 is 0 Å². The molecule has 184 valence electrons. The molecule has 1 unspecified atom stereocenters. The number of benzene rings is 2. The lowest BCUT2D eigenvalue weighted by Gasteiger charge is -2.38. The molecule has 4 rings (SSSR count). The van der Waals surface area contributed by atoms with Crippen LogP contribution in [0.5, 0.6) is 0 Å². The molecule has 0 aliphatic carbocycles. The highest BCUT2D eigenvalue weighted by atomic mass is 19.4. The number of amides is 2. The van der Waals surface area contributed by atoms with E-state index in [-0.39, 0.29) is 18.7 Å². The summed E-state index contributed by atoms with van der Waals surface area (Å²) >= 11 is 0. The SMILES string of the molecule is CCCN(CC(=O)N1CCn2cccc2C1c1ccccc1F)C(=O)c1cccc(C(F)(F)F)c1. The molecule has 1 aliphatic heterocycles. The van der Waals surface area contributed by atoms with Gasteiger partial charge in [0.05, 0.1) is 5.56 Å². The highest BCUT2D eigenvalue weighted by molar-refractivity contribution is 5.96. The fraction of sp³-hybridized carbons (Fsp3) is 0.308. The smallest absolute Gasteiger partial charge is 0.348 e. The van der Waals surface area contributed by atoms with E-state index in [0.29, 0.717) is 25.1 Å². The van der Waals surface area contributed by atoms with Gasteiger partial charge in [0, 0.05) is 42.7 Å². The zero-order valence-corrected chi connectivity index (χ0v) is 19.1. The quantitative estimate of drug-likeness (QED) is 0.453. The Labute approximate surface area is 200 Å². The van der Waals surface area contributed by atoms with Crippen LogP contribution in [0.15, 0.2) is 66.9 Å². The molecule has 2 amide bonds. The summed E-state index contributed by atoms with van der Waals surface area (Å²) in [7, 11) is 0. The Balaban J connectivity index is 1.62. The summed E-state index contributed by atoms with van der Waals surface area (Å²) in [5.41, 5.74) is 0.0227. The maximum atomic E-state index is 14.8. The fourth-order valence-electron chi connectivity index (χ4n) is 4.46. The third-order valence-electron chi connectivity index (χ3n) is 6.10. The Morgan fingerprint density at radius 1 is 1.03 bits per heavy atom. The number of rotatable bonds is 6. The number of halogens is 4. The molecule has 2 aromatic carbocycles. The average Bonchev–Trinajstić information content (AvgIpc) is 3.32. The van der Waals surface area contributed by atoms with Crippen LogP contribution in [0.25, 0.3) is 0 Å². The lowest BCUT2D eigenvalue weighted by Crippen LogP contribution is -2.48. The maximum absolute atomic E-state index is 14.8. The highest BCUT2D eigenvalue weighted by Gasteiger charge is 2.35. The topological polar surface area (TPSA) is 45.6 Å². The summed E-state index contributed by atoms with van der Waals surface area (Å²) in [6, 6.07) is 13.4. The summed E-state index contributed by atoms with van der Waals surface area (Å²) in [4.78, 5) is 29.4. The van der Waals surface area contributed by atoms with Gasteiger partial charge < -0.3 is 14.4 Å². The van der Waals surface area contributed by atoms with Gasteiger partial charge in [-0.15, -0.1) is 0 Å². The third-order valence-corrected chi connectivity index (χ3v) is 6.10. The minimum Gasteiger partial charge on any atom is -0.348 e. The predicted octanol–water partition coefficient (Wildman–Crippen LogP) is 5.13. The van der Waals surface area contributed by atoms with Gasteiger partial charge in [0.25, 0.3) is 5.91 Å². The summed E-state index contributed by atoms with van der Waals surface area (Å²) in [6.07, 6.45) is -2.21. The normalized spacial score (nSPS) is 15.6. The first-order valence-electron chi connectivity index (χ1n) is 11.4. The molecule has 1 atom stereocenters. The van der Waals surface area contributed by atoms with E-state index in [9.17, 15) is 27.2 Å². The maximum Gasteiger partial charge on any atom is 0.416 e. The minimum atomic E-state index is -4.59. The van der Waals surface area contributed by atoms with Crippen molar-refractivity contribution >= 4 is 11.8 Å². The van der Waals surface area contributed by atoms with Gasteiger partial charge in [-0.05, 0) is 42.8 Å². The van der Waals surface area contributed by atoms with Crippen LogP contribution in [0.2, 0.25) is 0 Å². The van der Waals surface area contributed by atoms with Crippen molar-refractivity contribution in [3.63, 3.8) is 0 Å². The lowest BCUT2D eigenvalue weighted by atomic mass is 9.99. The lowest BCUT2D eigenvalue weighted by molar-refractivity contribution is -0.137. The Bertz CT molecular complexity index is 1220. The second-order valence-electron chi connectivity index (χ2n) is 8.44. The average molecular weight is 487 g/mol. The summed E-state index contributed by atoms with van der Waals surface area (Å²) in [5.74, 6) is -1.51. The largest absolute Gasteiger partial charge is 0.416 e. The standard InChI is InChI=1S/C26H25F4N3O2/c1-2-12-32(25(35)18-7-5-8-19(16-18)26(28,29)30)17-23(34)33-15-14-31-13-6-11-22(31)24(33)20-9-3-4-10-21(20)27/h3-11,13,16,24H,2,12,14-15,17H2,1H3. The summed E-state index contributed by atoms with van der Waals surface area (Å²) in [6.45, 7) is 2.49. The van der Waals surface area contributed by atoms with E-state index < -0.39 is 35.4 Å². The summed E-state index contributed by atoms with van der Waals surface area (Å²) < 4.78 is 56.2. The Kier molecular flexibility index (Phi) is 6.95. The molecule has 0 saturated carbocycles. The zero-order chi connectivity index (χ0) is 25.2. The van der Waals surface area contributed by atoms with Gasteiger partial charge in [-0.25, -0.2) is 4.39 Å². The Morgan fingerprint density at radius 3 is 2.51 bits per heavy atom. The van der Waals surface area contributed by atoms with Crippen LogP contribution in [0.3, 0.4) is 0 Å². The van der Waals surface area contributed by atoms with E-state index in [1.807, 2.05) is 29.8 Å². The van der Waals surface area contributed by atoms with Gasteiger partial charge in [-0.1, -0.05) is 31.2 Å². The number of carbonyl (C=O) groups is 2. The Morgan fingerprint density at radius 2 is 1.80 bits per heavy atom. The van der Waals surface area contributed by atoms with Crippen molar-refractivity contribution in [3.05, 3.63) is 95.1 Å².